The maximum atomic E-state index is 12.5. The Morgan fingerprint density at radius 1 is 1.17 bits per heavy atom. The van der Waals surface area contributed by atoms with Crippen molar-refractivity contribution in [3.8, 4) is 11.5 Å². The quantitative estimate of drug-likeness (QED) is 0.666. The summed E-state index contributed by atoms with van der Waals surface area (Å²) in [6.07, 6.45) is -2.44. The lowest BCUT2D eigenvalue weighted by Gasteiger charge is -2.14. The molecular formula is C20H19ClF3NO4. The van der Waals surface area contributed by atoms with Crippen molar-refractivity contribution in [3.63, 3.8) is 0 Å². The molecule has 0 spiro atoms. The molecule has 1 unspecified atom stereocenters. The Morgan fingerprint density at radius 2 is 1.93 bits per heavy atom. The molecule has 0 aliphatic carbocycles. The van der Waals surface area contributed by atoms with Gasteiger partial charge >= 0.3 is 6.18 Å². The molecule has 0 bridgehead atoms. The summed E-state index contributed by atoms with van der Waals surface area (Å²) in [5.41, 5.74) is 0.349. The number of carbonyl (C=O) groups excluding carboxylic acids is 1. The van der Waals surface area contributed by atoms with Crippen LogP contribution >= 0.6 is 11.6 Å². The third-order valence-corrected chi connectivity index (χ3v) is 4.39. The van der Waals surface area contributed by atoms with Crippen LogP contribution in [0.25, 0.3) is 0 Å². The third kappa shape index (κ3) is 6.54. The molecule has 9 heteroatoms. The Balaban J connectivity index is 1.62. The summed E-state index contributed by atoms with van der Waals surface area (Å²) in [4.78, 5) is 12.5. The first-order chi connectivity index (χ1) is 13.8. The first kappa shape index (κ1) is 21.3. The van der Waals surface area contributed by atoms with Crippen LogP contribution in [0.4, 0.5) is 18.9 Å². The van der Waals surface area contributed by atoms with E-state index in [2.05, 4.69) is 5.32 Å². The number of amides is 1. The summed E-state index contributed by atoms with van der Waals surface area (Å²) in [6, 6.07) is 10.4. The molecule has 1 aliphatic rings. The number of carbonyl (C=O) groups is 1. The third-order valence-electron chi connectivity index (χ3n) is 4.16. The monoisotopic (exact) mass is 429 g/mol. The second-order valence-electron chi connectivity index (χ2n) is 6.47. The molecule has 29 heavy (non-hydrogen) atoms. The Bertz CT molecular complexity index is 837. The molecule has 1 heterocycles. The van der Waals surface area contributed by atoms with E-state index in [4.69, 9.17) is 25.8 Å². The molecule has 0 saturated carbocycles. The van der Waals surface area contributed by atoms with Crippen LogP contribution in [-0.2, 0) is 4.74 Å². The predicted molar refractivity (Wildman–Crippen MR) is 102 cm³/mol. The lowest BCUT2D eigenvalue weighted by molar-refractivity contribution is -0.153. The van der Waals surface area contributed by atoms with E-state index in [0.29, 0.717) is 17.9 Å². The van der Waals surface area contributed by atoms with Crippen LogP contribution in [0.1, 0.15) is 23.2 Å². The second-order valence-corrected chi connectivity index (χ2v) is 6.91. The summed E-state index contributed by atoms with van der Waals surface area (Å²) < 4.78 is 53.1. The fraction of sp³-hybridized carbons (Fsp3) is 0.350. The molecule has 3 rings (SSSR count). The van der Waals surface area contributed by atoms with Crippen LogP contribution in [0.2, 0.25) is 5.02 Å². The summed E-state index contributed by atoms with van der Waals surface area (Å²) in [5.74, 6) is -0.0552. The molecule has 0 aromatic heterocycles. The zero-order valence-electron chi connectivity index (χ0n) is 15.3. The second kappa shape index (κ2) is 9.37. The van der Waals surface area contributed by atoms with Gasteiger partial charge in [0.15, 0.2) is 6.61 Å². The van der Waals surface area contributed by atoms with E-state index in [9.17, 15) is 18.0 Å². The van der Waals surface area contributed by atoms with Crippen molar-refractivity contribution in [2.24, 2.45) is 0 Å². The largest absolute Gasteiger partial charge is 0.491 e. The zero-order chi connectivity index (χ0) is 20.9. The number of hydrogen-bond acceptors (Lipinski definition) is 4. The Morgan fingerprint density at radius 3 is 2.59 bits per heavy atom. The van der Waals surface area contributed by atoms with E-state index in [1.54, 1.807) is 24.3 Å². The number of hydrogen-bond donors (Lipinski definition) is 1. The highest BCUT2D eigenvalue weighted by Crippen LogP contribution is 2.30. The maximum Gasteiger partial charge on any atom is 0.422 e. The Kier molecular flexibility index (Phi) is 6.87. The van der Waals surface area contributed by atoms with Gasteiger partial charge in [-0.25, -0.2) is 0 Å². The number of rotatable bonds is 7. The minimum absolute atomic E-state index is 0.0467. The summed E-state index contributed by atoms with van der Waals surface area (Å²) >= 11 is 5.89. The molecule has 1 aliphatic heterocycles. The number of alkyl halides is 3. The van der Waals surface area contributed by atoms with Crippen molar-refractivity contribution < 1.29 is 32.2 Å². The van der Waals surface area contributed by atoms with Crippen molar-refractivity contribution in [1.82, 2.24) is 0 Å². The van der Waals surface area contributed by atoms with E-state index in [1.165, 1.54) is 18.2 Å². The van der Waals surface area contributed by atoms with Crippen molar-refractivity contribution >= 4 is 23.2 Å². The number of halogens is 4. The SMILES string of the molecule is O=C(Nc1cc(Cl)ccc1OCC(F)(F)F)c1ccc(OCC2CCCO2)cc1. The first-order valence-corrected chi connectivity index (χ1v) is 9.33. The molecule has 1 amide bonds. The Hall–Kier alpha value is -2.45. The Labute approximate surface area is 170 Å². The normalized spacial score (nSPS) is 16.5. The minimum atomic E-state index is -4.50. The van der Waals surface area contributed by atoms with Crippen LogP contribution in [0, 0.1) is 0 Å². The van der Waals surface area contributed by atoms with Gasteiger partial charge in [0.2, 0.25) is 0 Å². The van der Waals surface area contributed by atoms with E-state index in [0.717, 1.165) is 19.4 Å². The van der Waals surface area contributed by atoms with E-state index >= 15 is 0 Å². The number of ether oxygens (including phenoxy) is 3. The standard InChI is InChI=1S/C20H19ClF3NO4/c21-14-5-8-18(29-12-20(22,23)24)17(10-14)25-19(26)13-3-6-15(7-4-13)28-11-16-2-1-9-27-16/h3-8,10,16H,1-2,9,11-12H2,(H,25,26). The van der Waals surface area contributed by atoms with Gasteiger partial charge in [-0.3, -0.25) is 4.79 Å². The van der Waals surface area contributed by atoms with Crippen molar-refractivity contribution in [1.29, 1.82) is 0 Å². The predicted octanol–water partition coefficient (Wildman–Crippen LogP) is 5.09. The van der Waals surface area contributed by atoms with Crippen LogP contribution in [0.15, 0.2) is 42.5 Å². The molecule has 0 radical (unpaired) electrons. The van der Waals surface area contributed by atoms with E-state index < -0.39 is 18.7 Å². The van der Waals surface area contributed by atoms with Gasteiger partial charge in [0.1, 0.15) is 18.1 Å². The van der Waals surface area contributed by atoms with Gasteiger partial charge in [0.05, 0.1) is 11.8 Å². The first-order valence-electron chi connectivity index (χ1n) is 8.95. The summed E-state index contributed by atoms with van der Waals surface area (Å²) in [6.45, 7) is -0.298. The fourth-order valence-corrected chi connectivity index (χ4v) is 2.92. The summed E-state index contributed by atoms with van der Waals surface area (Å²) in [7, 11) is 0. The highest BCUT2D eigenvalue weighted by molar-refractivity contribution is 6.31. The van der Waals surface area contributed by atoms with Crippen LogP contribution in [-0.4, -0.2) is 38.0 Å². The van der Waals surface area contributed by atoms with Crippen molar-refractivity contribution in [2.45, 2.75) is 25.1 Å². The molecule has 1 atom stereocenters. The molecule has 156 valence electrons. The van der Waals surface area contributed by atoms with Gasteiger partial charge in [-0.2, -0.15) is 13.2 Å². The molecule has 2 aromatic carbocycles. The zero-order valence-corrected chi connectivity index (χ0v) is 16.1. The molecule has 1 N–H and O–H groups in total. The highest BCUT2D eigenvalue weighted by Gasteiger charge is 2.29. The maximum absolute atomic E-state index is 12.5. The minimum Gasteiger partial charge on any atom is -0.491 e. The molecule has 5 nitrogen and oxygen atoms in total. The average Bonchev–Trinajstić information content (AvgIpc) is 3.19. The number of nitrogens with one attached hydrogen (secondary N) is 1. The van der Waals surface area contributed by atoms with E-state index in [-0.39, 0.29) is 22.6 Å². The molecular weight excluding hydrogens is 411 g/mol. The van der Waals surface area contributed by atoms with Crippen LogP contribution < -0.4 is 14.8 Å². The van der Waals surface area contributed by atoms with Crippen molar-refractivity contribution in [2.75, 3.05) is 25.1 Å². The smallest absolute Gasteiger partial charge is 0.422 e. The number of benzene rings is 2. The van der Waals surface area contributed by atoms with Crippen molar-refractivity contribution in [3.05, 3.63) is 53.1 Å². The summed E-state index contributed by atoms with van der Waals surface area (Å²) in [5, 5.41) is 2.77. The van der Waals surface area contributed by atoms with E-state index in [1.807, 2.05) is 0 Å². The van der Waals surface area contributed by atoms with Gasteiger partial charge in [-0.05, 0) is 55.3 Å². The van der Waals surface area contributed by atoms with Gasteiger partial charge in [-0.15, -0.1) is 0 Å². The number of anilines is 1. The van der Waals surface area contributed by atoms with Crippen LogP contribution in [0.3, 0.4) is 0 Å². The topological polar surface area (TPSA) is 56.8 Å². The molecule has 1 fully saturated rings. The van der Waals surface area contributed by atoms with Gasteiger partial charge in [-0.1, -0.05) is 11.6 Å². The van der Waals surface area contributed by atoms with Gasteiger partial charge < -0.3 is 19.5 Å². The lowest BCUT2D eigenvalue weighted by Crippen LogP contribution is -2.20. The fourth-order valence-electron chi connectivity index (χ4n) is 2.75. The molecule has 1 saturated heterocycles. The van der Waals surface area contributed by atoms with Gasteiger partial charge in [0.25, 0.3) is 5.91 Å². The van der Waals surface area contributed by atoms with Gasteiger partial charge in [0, 0.05) is 17.2 Å². The average molecular weight is 430 g/mol. The van der Waals surface area contributed by atoms with Crippen LogP contribution in [0.5, 0.6) is 11.5 Å². The molecule has 2 aromatic rings. The highest BCUT2D eigenvalue weighted by atomic mass is 35.5. The lowest BCUT2D eigenvalue weighted by atomic mass is 10.2.